The van der Waals surface area contributed by atoms with Crippen molar-refractivity contribution in [1.82, 2.24) is 0 Å². The van der Waals surface area contributed by atoms with E-state index in [1.165, 1.54) is 12.8 Å². The van der Waals surface area contributed by atoms with Crippen LogP contribution in [-0.4, -0.2) is 18.5 Å². The molecule has 3 unspecified atom stereocenters. The summed E-state index contributed by atoms with van der Waals surface area (Å²) in [6.45, 7) is 4.48. The minimum absolute atomic E-state index is 0.132. The molecule has 0 spiro atoms. The number of hydrogen-bond donors (Lipinski definition) is 0. The van der Waals surface area contributed by atoms with Gasteiger partial charge in [-0.05, 0) is 31.6 Å². The molecule has 0 N–H and O–H groups in total. The predicted molar refractivity (Wildman–Crippen MR) is 46.8 cm³/mol. The van der Waals surface area contributed by atoms with E-state index >= 15 is 0 Å². The first-order valence-corrected chi connectivity index (χ1v) is 5.06. The molecule has 0 amide bonds. The molecule has 2 rings (SSSR count). The van der Waals surface area contributed by atoms with Gasteiger partial charge in [0, 0.05) is 0 Å². The highest BCUT2D eigenvalue weighted by atomic mass is 16.7. The molecule has 0 aromatic carbocycles. The molecule has 0 aromatic heterocycles. The van der Waals surface area contributed by atoms with Crippen LogP contribution in [0.25, 0.3) is 0 Å². The minimum Gasteiger partial charge on any atom is -0.347 e. The van der Waals surface area contributed by atoms with Crippen LogP contribution in [0, 0.1) is 5.92 Å². The third kappa shape index (κ3) is 1.64. The Bertz CT molecular complexity index is 154. The Kier molecular flexibility index (Phi) is 2.37. The average molecular weight is 170 g/mol. The summed E-state index contributed by atoms with van der Waals surface area (Å²) < 4.78 is 11.5. The van der Waals surface area contributed by atoms with Gasteiger partial charge in [0.15, 0.2) is 6.29 Å². The minimum atomic E-state index is 0.132. The van der Waals surface area contributed by atoms with Gasteiger partial charge in [0.05, 0.1) is 12.2 Å². The van der Waals surface area contributed by atoms with Crippen molar-refractivity contribution >= 4 is 0 Å². The molecule has 2 nitrogen and oxygen atoms in total. The van der Waals surface area contributed by atoms with Gasteiger partial charge in [-0.25, -0.2) is 0 Å². The highest BCUT2D eigenvalue weighted by Crippen LogP contribution is 2.34. The van der Waals surface area contributed by atoms with E-state index in [1.54, 1.807) is 0 Å². The summed E-state index contributed by atoms with van der Waals surface area (Å²) in [4.78, 5) is 0. The molecule has 2 aliphatic rings. The molecular formula is C10H18O2. The van der Waals surface area contributed by atoms with Crippen molar-refractivity contribution in [3.05, 3.63) is 0 Å². The fourth-order valence-corrected chi connectivity index (χ4v) is 2.14. The van der Waals surface area contributed by atoms with E-state index in [4.69, 9.17) is 9.47 Å². The smallest absolute Gasteiger partial charge is 0.158 e. The Morgan fingerprint density at radius 2 is 2.08 bits per heavy atom. The van der Waals surface area contributed by atoms with Crippen molar-refractivity contribution in [2.45, 2.75) is 58.0 Å². The van der Waals surface area contributed by atoms with Crippen molar-refractivity contribution in [1.29, 1.82) is 0 Å². The second-order valence-corrected chi connectivity index (χ2v) is 4.34. The van der Waals surface area contributed by atoms with Gasteiger partial charge in [0.1, 0.15) is 0 Å². The Balaban J connectivity index is 1.91. The van der Waals surface area contributed by atoms with Gasteiger partial charge in [-0.15, -0.1) is 0 Å². The van der Waals surface area contributed by atoms with Gasteiger partial charge in [-0.1, -0.05) is 13.8 Å². The van der Waals surface area contributed by atoms with E-state index in [9.17, 15) is 0 Å². The van der Waals surface area contributed by atoms with Crippen LogP contribution in [0.2, 0.25) is 0 Å². The maximum absolute atomic E-state index is 5.77. The van der Waals surface area contributed by atoms with E-state index in [-0.39, 0.29) is 6.29 Å². The average Bonchev–Trinajstić information content (AvgIpc) is 2.26. The topological polar surface area (TPSA) is 18.5 Å². The Hall–Kier alpha value is -0.0800. The van der Waals surface area contributed by atoms with Crippen molar-refractivity contribution in [3.8, 4) is 0 Å². The maximum Gasteiger partial charge on any atom is 0.158 e. The van der Waals surface area contributed by atoms with Gasteiger partial charge in [0.25, 0.3) is 0 Å². The summed E-state index contributed by atoms with van der Waals surface area (Å²) >= 11 is 0. The fourth-order valence-electron chi connectivity index (χ4n) is 2.14. The van der Waals surface area contributed by atoms with E-state index in [0.29, 0.717) is 12.2 Å². The van der Waals surface area contributed by atoms with Crippen LogP contribution in [0.3, 0.4) is 0 Å². The molecule has 0 aliphatic carbocycles. The second-order valence-electron chi connectivity index (χ2n) is 4.34. The van der Waals surface area contributed by atoms with Gasteiger partial charge in [0.2, 0.25) is 0 Å². The lowest BCUT2D eigenvalue weighted by molar-refractivity contribution is -0.0873. The zero-order valence-electron chi connectivity index (χ0n) is 7.95. The summed E-state index contributed by atoms with van der Waals surface area (Å²) in [5, 5.41) is 0. The van der Waals surface area contributed by atoms with Gasteiger partial charge in [-0.2, -0.15) is 0 Å². The van der Waals surface area contributed by atoms with Gasteiger partial charge < -0.3 is 9.47 Å². The molecule has 0 saturated carbocycles. The molecule has 2 saturated heterocycles. The fraction of sp³-hybridized carbons (Fsp3) is 1.00. The van der Waals surface area contributed by atoms with Crippen LogP contribution < -0.4 is 0 Å². The van der Waals surface area contributed by atoms with E-state index in [0.717, 1.165) is 18.8 Å². The number of hydrogen-bond acceptors (Lipinski definition) is 2. The molecule has 2 aliphatic heterocycles. The second kappa shape index (κ2) is 3.35. The molecule has 2 fully saturated rings. The predicted octanol–water partition coefficient (Wildman–Crippen LogP) is 2.33. The molecule has 0 aromatic rings. The van der Waals surface area contributed by atoms with Crippen LogP contribution in [0.15, 0.2) is 0 Å². The lowest BCUT2D eigenvalue weighted by atomic mass is 9.98. The van der Waals surface area contributed by atoms with Crippen LogP contribution in [-0.2, 0) is 9.47 Å². The number of fused-ring (bicyclic) bond motifs is 2. The summed E-state index contributed by atoms with van der Waals surface area (Å²) in [6.07, 6.45) is 5.67. The molecule has 2 heteroatoms. The van der Waals surface area contributed by atoms with Crippen molar-refractivity contribution in [2.24, 2.45) is 5.92 Å². The SMILES string of the molecule is CC(C)CC1OC2CCCC1O2. The molecule has 12 heavy (non-hydrogen) atoms. The molecule has 2 heterocycles. The van der Waals surface area contributed by atoms with Crippen LogP contribution in [0.1, 0.15) is 39.5 Å². The van der Waals surface area contributed by atoms with Crippen molar-refractivity contribution < 1.29 is 9.47 Å². The van der Waals surface area contributed by atoms with Crippen LogP contribution >= 0.6 is 0 Å². The van der Waals surface area contributed by atoms with E-state index < -0.39 is 0 Å². The summed E-state index contributed by atoms with van der Waals surface area (Å²) in [5.41, 5.74) is 0. The normalized spacial score (nSPS) is 40.8. The van der Waals surface area contributed by atoms with E-state index in [1.807, 2.05) is 0 Å². The zero-order chi connectivity index (χ0) is 8.55. The summed E-state index contributed by atoms with van der Waals surface area (Å²) in [7, 11) is 0. The maximum atomic E-state index is 5.77. The largest absolute Gasteiger partial charge is 0.347 e. The zero-order valence-corrected chi connectivity index (χ0v) is 7.95. The third-order valence-corrected chi connectivity index (χ3v) is 2.70. The summed E-state index contributed by atoms with van der Waals surface area (Å²) in [6, 6.07) is 0. The lowest BCUT2D eigenvalue weighted by Gasteiger charge is -2.19. The van der Waals surface area contributed by atoms with Crippen LogP contribution in [0.5, 0.6) is 0 Å². The highest BCUT2D eigenvalue weighted by molar-refractivity contribution is 4.82. The Morgan fingerprint density at radius 1 is 1.25 bits per heavy atom. The first-order valence-electron chi connectivity index (χ1n) is 5.06. The Morgan fingerprint density at radius 3 is 2.75 bits per heavy atom. The first kappa shape index (κ1) is 8.52. The van der Waals surface area contributed by atoms with Crippen LogP contribution in [0.4, 0.5) is 0 Å². The standard InChI is InChI=1S/C10H18O2/c1-7(2)6-9-8-4-3-5-10(11-8)12-9/h7-10H,3-6H2,1-2H3. The first-order chi connectivity index (χ1) is 5.75. The molecule has 3 atom stereocenters. The molecular weight excluding hydrogens is 152 g/mol. The van der Waals surface area contributed by atoms with E-state index in [2.05, 4.69) is 13.8 Å². The quantitative estimate of drug-likeness (QED) is 0.633. The molecule has 70 valence electrons. The number of ether oxygens (including phenoxy) is 2. The highest BCUT2D eigenvalue weighted by Gasteiger charge is 2.38. The van der Waals surface area contributed by atoms with Gasteiger partial charge in [-0.3, -0.25) is 0 Å². The number of rotatable bonds is 2. The van der Waals surface area contributed by atoms with Crippen molar-refractivity contribution in [3.63, 3.8) is 0 Å². The lowest BCUT2D eigenvalue weighted by Crippen LogP contribution is -2.24. The molecule has 0 radical (unpaired) electrons. The van der Waals surface area contributed by atoms with Gasteiger partial charge >= 0.3 is 0 Å². The Labute approximate surface area is 74.2 Å². The molecule has 2 bridgehead atoms. The third-order valence-electron chi connectivity index (χ3n) is 2.70. The van der Waals surface area contributed by atoms with Crippen molar-refractivity contribution in [2.75, 3.05) is 0 Å². The summed E-state index contributed by atoms with van der Waals surface area (Å²) in [5.74, 6) is 0.720. The monoisotopic (exact) mass is 170 g/mol.